The molecule has 0 unspecified atom stereocenters. The summed E-state index contributed by atoms with van der Waals surface area (Å²) in [5, 5.41) is 3.24. The van der Waals surface area contributed by atoms with Gasteiger partial charge in [-0.1, -0.05) is 13.3 Å². The van der Waals surface area contributed by atoms with E-state index in [4.69, 9.17) is 9.47 Å². The lowest BCUT2D eigenvalue weighted by Crippen LogP contribution is -2.28. The van der Waals surface area contributed by atoms with Crippen LogP contribution in [0.5, 0.6) is 11.5 Å². The lowest BCUT2D eigenvalue weighted by atomic mass is 10.2. The van der Waals surface area contributed by atoms with Crippen LogP contribution in [-0.2, 0) is 0 Å². The lowest BCUT2D eigenvalue weighted by molar-refractivity contribution is 0.0787. The molecule has 6 nitrogen and oxygen atoms in total. The van der Waals surface area contributed by atoms with Crippen LogP contribution in [0, 0.1) is 0 Å². The van der Waals surface area contributed by atoms with E-state index >= 15 is 0 Å². The van der Waals surface area contributed by atoms with Crippen LogP contribution in [0.3, 0.4) is 0 Å². The number of nitrogens with zero attached hydrogens (tertiary/aromatic N) is 2. The molecule has 1 aromatic carbocycles. The van der Waals surface area contributed by atoms with Gasteiger partial charge in [-0.2, -0.15) is 0 Å². The van der Waals surface area contributed by atoms with E-state index in [0.717, 1.165) is 30.8 Å². The van der Waals surface area contributed by atoms with Crippen molar-refractivity contribution < 1.29 is 14.3 Å². The van der Waals surface area contributed by atoms with E-state index in [-0.39, 0.29) is 5.91 Å². The second-order valence-electron chi connectivity index (χ2n) is 5.71. The first-order chi connectivity index (χ1) is 12.1. The van der Waals surface area contributed by atoms with E-state index in [9.17, 15) is 4.79 Å². The van der Waals surface area contributed by atoms with Crippen LogP contribution in [0.4, 0.5) is 11.4 Å². The molecule has 1 heterocycles. The van der Waals surface area contributed by atoms with Crippen molar-refractivity contribution in [2.45, 2.75) is 19.8 Å². The maximum absolute atomic E-state index is 12.3. The number of aromatic nitrogens is 1. The average molecular weight is 343 g/mol. The van der Waals surface area contributed by atoms with Gasteiger partial charge in [0.1, 0.15) is 5.69 Å². The molecule has 1 N–H and O–H groups in total. The molecule has 0 aliphatic heterocycles. The molecule has 0 fully saturated rings. The van der Waals surface area contributed by atoms with Gasteiger partial charge in [0.05, 0.1) is 26.1 Å². The predicted molar refractivity (Wildman–Crippen MR) is 98.9 cm³/mol. The first-order valence-electron chi connectivity index (χ1n) is 8.29. The number of unbranched alkanes of at least 4 members (excludes halogenated alkanes) is 1. The number of amides is 1. The van der Waals surface area contributed by atoms with Crippen LogP contribution in [0.25, 0.3) is 0 Å². The Morgan fingerprint density at radius 1 is 1.12 bits per heavy atom. The van der Waals surface area contributed by atoms with E-state index in [1.54, 1.807) is 38.4 Å². The normalized spacial score (nSPS) is 10.2. The molecule has 1 amide bonds. The van der Waals surface area contributed by atoms with Gasteiger partial charge in [-0.25, -0.2) is 4.98 Å². The summed E-state index contributed by atoms with van der Waals surface area (Å²) in [5.41, 5.74) is 2.08. The molecule has 0 bridgehead atoms. The summed E-state index contributed by atoms with van der Waals surface area (Å²) in [7, 11) is 5.00. The number of rotatable bonds is 8. The molecule has 0 aliphatic rings. The van der Waals surface area contributed by atoms with Crippen molar-refractivity contribution in [1.82, 2.24) is 9.88 Å². The summed E-state index contributed by atoms with van der Waals surface area (Å²) in [5.74, 6) is 1.25. The molecule has 1 aromatic heterocycles. The van der Waals surface area contributed by atoms with E-state index in [2.05, 4.69) is 17.2 Å². The topological polar surface area (TPSA) is 63.7 Å². The predicted octanol–water partition coefficient (Wildman–Crippen LogP) is 3.71. The van der Waals surface area contributed by atoms with E-state index in [0.29, 0.717) is 17.2 Å². The van der Waals surface area contributed by atoms with Crippen LogP contribution >= 0.6 is 0 Å². The van der Waals surface area contributed by atoms with Crippen LogP contribution in [0.2, 0.25) is 0 Å². The maximum Gasteiger partial charge on any atom is 0.272 e. The molecule has 134 valence electrons. The fraction of sp³-hybridized carbons (Fsp3) is 0.368. The molecule has 0 saturated carbocycles. The lowest BCUT2D eigenvalue weighted by Gasteiger charge is -2.16. The average Bonchev–Trinajstić information content (AvgIpc) is 2.66. The minimum Gasteiger partial charge on any atom is -0.493 e. The summed E-state index contributed by atoms with van der Waals surface area (Å²) in [6, 6.07) is 9.13. The number of carbonyl (C=O) groups excluding carboxylic acids is 1. The number of benzene rings is 1. The first kappa shape index (κ1) is 18.6. The summed E-state index contributed by atoms with van der Waals surface area (Å²) in [6.45, 7) is 2.84. The quantitative estimate of drug-likeness (QED) is 0.791. The van der Waals surface area contributed by atoms with Gasteiger partial charge in [-0.05, 0) is 30.7 Å². The zero-order chi connectivity index (χ0) is 18.2. The van der Waals surface area contributed by atoms with Crippen LogP contribution in [-0.4, -0.2) is 43.6 Å². The number of hydrogen-bond acceptors (Lipinski definition) is 5. The number of hydrogen-bond donors (Lipinski definition) is 1. The van der Waals surface area contributed by atoms with E-state index < -0.39 is 0 Å². The van der Waals surface area contributed by atoms with Gasteiger partial charge in [0.2, 0.25) is 0 Å². The maximum atomic E-state index is 12.3. The summed E-state index contributed by atoms with van der Waals surface area (Å²) in [4.78, 5) is 18.3. The third-order valence-electron chi connectivity index (χ3n) is 3.85. The van der Waals surface area contributed by atoms with Crippen molar-refractivity contribution in [2.75, 3.05) is 33.1 Å². The Bertz CT molecular complexity index is 702. The second kappa shape index (κ2) is 8.92. The van der Waals surface area contributed by atoms with Crippen molar-refractivity contribution in [1.29, 1.82) is 0 Å². The van der Waals surface area contributed by atoms with Gasteiger partial charge in [0.15, 0.2) is 11.5 Å². The zero-order valence-corrected chi connectivity index (χ0v) is 15.2. The van der Waals surface area contributed by atoms with Crippen molar-refractivity contribution in [3.8, 4) is 11.5 Å². The minimum atomic E-state index is -0.0638. The number of pyridine rings is 1. The fourth-order valence-electron chi connectivity index (χ4n) is 2.37. The number of anilines is 2. The van der Waals surface area contributed by atoms with E-state index in [1.165, 1.54) is 0 Å². The van der Waals surface area contributed by atoms with Gasteiger partial charge in [-0.3, -0.25) is 4.79 Å². The third-order valence-corrected chi connectivity index (χ3v) is 3.85. The highest BCUT2D eigenvalue weighted by Crippen LogP contribution is 2.31. The molecule has 0 aliphatic carbocycles. The molecule has 2 aromatic rings. The molecule has 2 rings (SSSR count). The van der Waals surface area contributed by atoms with Crippen LogP contribution in [0.15, 0.2) is 36.5 Å². The molecule has 25 heavy (non-hydrogen) atoms. The Balaban J connectivity index is 2.06. The Morgan fingerprint density at radius 2 is 1.84 bits per heavy atom. The Kier molecular flexibility index (Phi) is 6.62. The molecular formula is C19H25N3O3. The SMILES string of the molecule is CCCCN(C)C(=O)c1ccc(Nc2ccc(OC)c(OC)c2)cn1. The summed E-state index contributed by atoms with van der Waals surface area (Å²) < 4.78 is 10.5. The Morgan fingerprint density at radius 3 is 2.44 bits per heavy atom. The first-order valence-corrected chi connectivity index (χ1v) is 8.29. The Hall–Kier alpha value is -2.76. The van der Waals surface area contributed by atoms with Crippen LogP contribution < -0.4 is 14.8 Å². The molecule has 0 atom stereocenters. The van der Waals surface area contributed by atoms with Crippen molar-refractivity contribution in [2.24, 2.45) is 0 Å². The highest BCUT2D eigenvalue weighted by atomic mass is 16.5. The standard InChI is InChI=1S/C19H25N3O3/c1-5-6-11-22(2)19(23)16-9-7-15(13-20-16)21-14-8-10-17(24-3)18(12-14)25-4/h7-10,12-13,21H,5-6,11H2,1-4H3. The number of methoxy groups -OCH3 is 2. The number of ether oxygens (including phenoxy) is 2. The van der Waals surface area contributed by atoms with E-state index in [1.807, 2.05) is 24.3 Å². The fourth-order valence-corrected chi connectivity index (χ4v) is 2.37. The number of carbonyl (C=O) groups is 1. The monoisotopic (exact) mass is 343 g/mol. The zero-order valence-electron chi connectivity index (χ0n) is 15.2. The molecule has 0 spiro atoms. The van der Waals surface area contributed by atoms with Crippen molar-refractivity contribution in [3.63, 3.8) is 0 Å². The van der Waals surface area contributed by atoms with Gasteiger partial charge < -0.3 is 19.7 Å². The van der Waals surface area contributed by atoms with Crippen molar-refractivity contribution >= 4 is 17.3 Å². The molecular weight excluding hydrogens is 318 g/mol. The van der Waals surface area contributed by atoms with Gasteiger partial charge >= 0.3 is 0 Å². The number of nitrogens with one attached hydrogen (secondary N) is 1. The highest BCUT2D eigenvalue weighted by Gasteiger charge is 2.12. The molecule has 6 heteroatoms. The summed E-state index contributed by atoms with van der Waals surface area (Å²) >= 11 is 0. The minimum absolute atomic E-state index is 0.0638. The summed E-state index contributed by atoms with van der Waals surface area (Å²) in [6.07, 6.45) is 3.69. The van der Waals surface area contributed by atoms with Crippen LogP contribution in [0.1, 0.15) is 30.3 Å². The highest BCUT2D eigenvalue weighted by molar-refractivity contribution is 5.92. The van der Waals surface area contributed by atoms with Gasteiger partial charge in [-0.15, -0.1) is 0 Å². The largest absolute Gasteiger partial charge is 0.493 e. The smallest absolute Gasteiger partial charge is 0.272 e. The van der Waals surface area contributed by atoms with Gasteiger partial charge in [0, 0.05) is 25.3 Å². The van der Waals surface area contributed by atoms with Crippen molar-refractivity contribution in [3.05, 3.63) is 42.2 Å². The second-order valence-corrected chi connectivity index (χ2v) is 5.71. The Labute approximate surface area is 148 Å². The third kappa shape index (κ3) is 4.86. The van der Waals surface area contributed by atoms with Gasteiger partial charge in [0.25, 0.3) is 5.91 Å². The molecule has 0 radical (unpaired) electrons. The molecule has 0 saturated heterocycles.